The van der Waals surface area contributed by atoms with Crippen molar-refractivity contribution >= 4 is 17.9 Å². The minimum absolute atomic E-state index is 0. The molecule has 0 aromatic heterocycles. The molecular weight excluding hydrogens is 150 g/mol. The van der Waals surface area contributed by atoms with Gasteiger partial charge in [0, 0.05) is 5.56 Å². The molecule has 0 aliphatic heterocycles. The Labute approximate surface area is 64.4 Å². The van der Waals surface area contributed by atoms with E-state index in [1.165, 1.54) is 0 Å². The Morgan fingerprint density at radius 2 is 1.90 bits per heavy atom. The van der Waals surface area contributed by atoms with E-state index < -0.39 is 0 Å². The van der Waals surface area contributed by atoms with Gasteiger partial charge in [0.2, 0.25) is 0 Å². The molecule has 10 heavy (non-hydrogen) atoms. The molecule has 0 saturated carbocycles. The average Bonchev–Trinajstić information content (AvgIpc) is 1.89. The van der Waals surface area contributed by atoms with Crippen molar-refractivity contribution in [2.75, 3.05) is 0 Å². The zero-order chi connectivity index (χ0) is 6.69. The molecule has 0 amide bonds. The van der Waals surface area contributed by atoms with E-state index in [-0.39, 0.29) is 6.15 Å². The first-order chi connectivity index (χ1) is 4.34. The number of rotatable bonds is 1. The fourth-order valence-electron chi connectivity index (χ4n) is 0.571. The van der Waals surface area contributed by atoms with Crippen LogP contribution in [0.25, 0.3) is 0 Å². The van der Waals surface area contributed by atoms with Crippen molar-refractivity contribution in [2.45, 2.75) is 0 Å². The molecule has 0 aliphatic carbocycles. The molecule has 0 heterocycles. The summed E-state index contributed by atoms with van der Waals surface area (Å²) in [5.74, 6) is 0. The van der Waals surface area contributed by atoms with Gasteiger partial charge in [0.25, 0.3) is 0 Å². The molecule has 0 spiro atoms. The number of hydrogen-bond acceptors (Lipinski definition) is 2. The molecule has 3 heteroatoms. The van der Waals surface area contributed by atoms with E-state index in [2.05, 4.69) is 0 Å². The second kappa shape index (κ2) is 4.04. The Bertz CT molecular complexity index is 225. The lowest BCUT2D eigenvalue weighted by Crippen LogP contribution is -1.77. The summed E-state index contributed by atoms with van der Waals surface area (Å²) in [7, 11) is 0. The molecule has 1 rings (SSSR count). The highest BCUT2D eigenvalue weighted by atomic mass is 35.5. The van der Waals surface area contributed by atoms with Crippen molar-refractivity contribution < 1.29 is 4.79 Å². The third kappa shape index (κ3) is 1.83. The van der Waals surface area contributed by atoms with Gasteiger partial charge >= 0.3 is 0 Å². The molecule has 0 fully saturated rings. The summed E-state index contributed by atoms with van der Waals surface area (Å²) in [6.07, 6.45) is 0.738. The van der Waals surface area contributed by atoms with Crippen LogP contribution in [0.15, 0.2) is 24.3 Å². The Balaban J connectivity index is 0.000000810. The Morgan fingerprint density at radius 1 is 1.30 bits per heavy atom. The van der Waals surface area contributed by atoms with E-state index in [1.54, 1.807) is 24.3 Å². The maximum Gasteiger partial charge on any atom is 0.151 e. The van der Waals surface area contributed by atoms with E-state index >= 15 is 0 Å². The molecule has 1 aromatic carbocycles. The first-order valence-electron chi connectivity index (χ1n) is 2.54. The molecule has 0 atom stereocenters. The summed E-state index contributed by atoms with van der Waals surface area (Å²) in [4.78, 5) is 10.1. The lowest BCUT2D eigenvalue weighted by atomic mass is 10.2. The third-order valence-electron chi connectivity index (χ3n) is 1.03. The van der Waals surface area contributed by atoms with E-state index in [4.69, 9.17) is 11.6 Å². The number of benzene rings is 1. The highest BCUT2D eigenvalue weighted by Gasteiger charge is 1.92. The van der Waals surface area contributed by atoms with E-state index in [0.717, 1.165) is 6.29 Å². The standard InChI is InChI=1S/C7H5ClO.H3N/c8-7-4-2-1-3-6(7)5-9;/h1-5H;1H3. The Kier molecular flexibility index (Phi) is 3.69. The van der Waals surface area contributed by atoms with Crippen molar-refractivity contribution in [1.29, 1.82) is 0 Å². The van der Waals surface area contributed by atoms with Gasteiger partial charge in [0.1, 0.15) is 0 Å². The number of aldehydes is 1. The Hall–Kier alpha value is -0.860. The molecular formula is C7H8ClNO. The van der Waals surface area contributed by atoms with Crippen molar-refractivity contribution in [1.82, 2.24) is 6.15 Å². The van der Waals surface area contributed by atoms with Crippen molar-refractivity contribution in [3.8, 4) is 0 Å². The highest BCUT2D eigenvalue weighted by Crippen LogP contribution is 2.11. The molecule has 54 valence electrons. The minimum atomic E-state index is 0. The van der Waals surface area contributed by atoms with Crippen LogP contribution in [0.5, 0.6) is 0 Å². The van der Waals surface area contributed by atoms with Crippen LogP contribution in [0.3, 0.4) is 0 Å². The van der Waals surface area contributed by atoms with Crippen molar-refractivity contribution in [3.63, 3.8) is 0 Å². The zero-order valence-electron chi connectivity index (χ0n) is 5.38. The van der Waals surface area contributed by atoms with Gasteiger partial charge in [-0.3, -0.25) is 4.79 Å². The quantitative estimate of drug-likeness (QED) is 0.636. The van der Waals surface area contributed by atoms with Gasteiger partial charge in [-0.25, -0.2) is 0 Å². The van der Waals surface area contributed by atoms with Crippen molar-refractivity contribution in [3.05, 3.63) is 34.9 Å². The Morgan fingerprint density at radius 3 is 2.30 bits per heavy atom. The monoisotopic (exact) mass is 157 g/mol. The molecule has 0 saturated heterocycles. The van der Waals surface area contributed by atoms with Crippen LogP contribution in [0, 0.1) is 0 Å². The number of carbonyl (C=O) groups excluding carboxylic acids is 1. The molecule has 1 aromatic rings. The van der Waals surface area contributed by atoms with Gasteiger partial charge in [0.15, 0.2) is 6.29 Å². The van der Waals surface area contributed by atoms with Crippen LogP contribution in [-0.4, -0.2) is 6.29 Å². The van der Waals surface area contributed by atoms with Gasteiger partial charge in [-0.2, -0.15) is 0 Å². The van der Waals surface area contributed by atoms with Gasteiger partial charge in [-0.05, 0) is 6.07 Å². The lowest BCUT2D eigenvalue weighted by molar-refractivity contribution is 0.112. The molecule has 0 unspecified atom stereocenters. The van der Waals surface area contributed by atoms with Gasteiger partial charge < -0.3 is 6.15 Å². The van der Waals surface area contributed by atoms with Gasteiger partial charge in [0.05, 0.1) is 5.02 Å². The van der Waals surface area contributed by atoms with E-state index in [0.29, 0.717) is 10.6 Å². The second-order valence-corrected chi connectivity index (χ2v) is 2.05. The van der Waals surface area contributed by atoms with Crippen LogP contribution in [0.2, 0.25) is 5.02 Å². The summed E-state index contributed by atoms with van der Waals surface area (Å²) in [5.41, 5.74) is 0.541. The fourth-order valence-corrected chi connectivity index (χ4v) is 0.751. The summed E-state index contributed by atoms with van der Waals surface area (Å²) in [5, 5.41) is 0.507. The van der Waals surface area contributed by atoms with Crippen LogP contribution >= 0.6 is 11.6 Å². The smallest absolute Gasteiger partial charge is 0.151 e. The van der Waals surface area contributed by atoms with E-state index in [9.17, 15) is 4.79 Å². The zero-order valence-corrected chi connectivity index (χ0v) is 6.14. The predicted octanol–water partition coefficient (Wildman–Crippen LogP) is 2.31. The maximum atomic E-state index is 10.1. The number of hydrogen-bond donors (Lipinski definition) is 1. The van der Waals surface area contributed by atoms with E-state index in [1.807, 2.05) is 0 Å². The molecule has 3 N–H and O–H groups in total. The minimum Gasteiger partial charge on any atom is -0.344 e. The summed E-state index contributed by atoms with van der Waals surface area (Å²) >= 11 is 5.59. The SMILES string of the molecule is N.O=Cc1ccccc1Cl. The first kappa shape index (κ1) is 9.14. The number of carbonyl (C=O) groups is 1. The third-order valence-corrected chi connectivity index (χ3v) is 1.38. The topological polar surface area (TPSA) is 52.1 Å². The molecule has 0 radical (unpaired) electrons. The summed E-state index contributed by atoms with van der Waals surface area (Å²) in [6, 6.07) is 6.92. The van der Waals surface area contributed by atoms with Crippen molar-refractivity contribution in [2.24, 2.45) is 0 Å². The predicted molar refractivity (Wildman–Crippen MR) is 41.9 cm³/mol. The maximum absolute atomic E-state index is 10.1. The average molecular weight is 158 g/mol. The van der Waals surface area contributed by atoms with Crippen LogP contribution in [-0.2, 0) is 0 Å². The normalized spacial score (nSPS) is 8.10. The van der Waals surface area contributed by atoms with Gasteiger partial charge in [-0.1, -0.05) is 29.8 Å². The highest BCUT2D eigenvalue weighted by molar-refractivity contribution is 6.32. The lowest BCUT2D eigenvalue weighted by Gasteiger charge is -1.90. The first-order valence-corrected chi connectivity index (χ1v) is 2.92. The van der Waals surface area contributed by atoms with Crippen LogP contribution in [0.1, 0.15) is 10.4 Å². The molecule has 0 aliphatic rings. The second-order valence-electron chi connectivity index (χ2n) is 1.64. The van der Waals surface area contributed by atoms with Crippen LogP contribution < -0.4 is 6.15 Å². The molecule has 0 bridgehead atoms. The fraction of sp³-hybridized carbons (Fsp3) is 0. The van der Waals surface area contributed by atoms with Gasteiger partial charge in [-0.15, -0.1) is 0 Å². The van der Waals surface area contributed by atoms with Crippen LogP contribution in [0.4, 0.5) is 0 Å². The summed E-state index contributed by atoms with van der Waals surface area (Å²) < 4.78 is 0. The number of halogens is 1. The summed E-state index contributed by atoms with van der Waals surface area (Å²) in [6.45, 7) is 0. The molecule has 2 nitrogen and oxygen atoms in total. The largest absolute Gasteiger partial charge is 0.344 e.